The molecule has 0 aliphatic rings. The molecule has 0 saturated carbocycles. The second kappa shape index (κ2) is 13.5. The van der Waals surface area contributed by atoms with Crippen LogP contribution < -0.4 is 15.4 Å². The lowest BCUT2D eigenvalue weighted by Crippen LogP contribution is -2.37. The molecular formula is C19H34N4O2. The summed E-state index contributed by atoms with van der Waals surface area (Å²) in [6, 6.07) is 8.14. The van der Waals surface area contributed by atoms with Crippen LogP contribution in [0.5, 0.6) is 5.75 Å². The molecule has 0 saturated heterocycles. The molecule has 142 valence electrons. The van der Waals surface area contributed by atoms with Gasteiger partial charge in [-0.1, -0.05) is 32.0 Å². The van der Waals surface area contributed by atoms with Crippen molar-refractivity contribution < 1.29 is 9.47 Å². The van der Waals surface area contributed by atoms with E-state index in [9.17, 15) is 0 Å². The maximum Gasteiger partial charge on any atom is 0.191 e. The number of likely N-dealkylation sites (N-methyl/N-ethyl adjacent to an activating group) is 1. The van der Waals surface area contributed by atoms with E-state index in [0.29, 0.717) is 13.2 Å². The first kappa shape index (κ1) is 21.3. The molecule has 0 aliphatic heterocycles. The van der Waals surface area contributed by atoms with Crippen LogP contribution in [0.3, 0.4) is 0 Å². The molecule has 2 N–H and O–H groups in total. The number of hydrogen-bond donors (Lipinski definition) is 2. The van der Waals surface area contributed by atoms with Gasteiger partial charge in [-0.2, -0.15) is 0 Å². The van der Waals surface area contributed by atoms with Gasteiger partial charge >= 0.3 is 0 Å². The molecule has 6 heteroatoms. The Bertz CT molecular complexity index is 490. The molecule has 1 aromatic rings. The Morgan fingerprint density at radius 2 is 1.88 bits per heavy atom. The minimum absolute atomic E-state index is 0.672. The fourth-order valence-electron chi connectivity index (χ4n) is 2.44. The summed E-state index contributed by atoms with van der Waals surface area (Å²) in [5, 5.41) is 6.61. The van der Waals surface area contributed by atoms with E-state index in [4.69, 9.17) is 9.47 Å². The molecule has 25 heavy (non-hydrogen) atoms. The minimum atomic E-state index is 0.672. The Morgan fingerprint density at radius 3 is 2.56 bits per heavy atom. The highest BCUT2D eigenvalue weighted by molar-refractivity contribution is 5.79. The van der Waals surface area contributed by atoms with E-state index in [0.717, 1.165) is 56.5 Å². The summed E-state index contributed by atoms with van der Waals surface area (Å²) in [4.78, 5) is 6.60. The Labute approximate surface area is 152 Å². The van der Waals surface area contributed by atoms with Crippen LogP contribution in [0.1, 0.15) is 25.8 Å². The first-order valence-corrected chi connectivity index (χ1v) is 9.11. The van der Waals surface area contributed by atoms with Crippen LogP contribution in [0.15, 0.2) is 29.3 Å². The summed E-state index contributed by atoms with van der Waals surface area (Å²) in [6.45, 7) is 10.3. The lowest BCUT2D eigenvalue weighted by Gasteiger charge is -2.19. The van der Waals surface area contributed by atoms with Crippen LogP contribution in [0, 0.1) is 0 Å². The monoisotopic (exact) mass is 350 g/mol. The van der Waals surface area contributed by atoms with E-state index in [1.165, 1.54) is 0 Å². The van der Waals surface area contributed by atoms with E-state index in [1.807, 2.05) is 18.2 Å². The van der Waals surface area contributed by atoms with Crippen molar-refractivity contribution in [1.82, 2.24) is 15.5 Å². The normalized spacial score (nSPS) is 11.6. The zero-order valence-electron chi connectivity index (χ0n) is 16.2. The molecule has 0 heterocycles. The lowest BCUT2D eigenvalue weighted by atomic mass is 10.2. The highest BCUT2D eigenvalue weighted by Gasteiger charge is 2.06. The number of aliphatic imine (C=N–C) groups is 1. The van der Waals surface area contributed by atoms with Crippen molar-refractivity contribution in [2.24, 2.45) is 4.99 Å². The molecule has 1 rings (SSSR count). The van der Waals surface area contributed by atoms with E-state index in [1.54, 1.807) is 14.2 Å². The highest BCUT2D eigenvalue weighted by Crippen LogP contribution is 2.17. The van der Waals surface area contributed by atoms with Gasteiger partial charge < -0.3 is 25.0 Å². The summed E-state index contributed by atoms with van der Waals surface area (Å²) in [5.41, 5.74) is 1.13. The van der Waals surface area contributed by atoms with Crippen LogP contribution in [-0.2, 0) is 11.3 Å². The fourth-order valence-corrected chi connectivity index (χ4v) is 2.44. The van der Waals surface area contributed by atoms with Gasteiger partial charge in [0.25, 0.3) is 0 Å². The van der Waals surface area contributed by atoms with Crippen molar-refractivity contribution in [3.8, 4) is 5.75 Å². The Kier molecular flexibility index (Phi) is 11.5. The minimum Gasteiger partial charge on any atom is -0.492 e. The van der Waals surface area contributed by atoms with Gasteiger partial charge in [0.15, 0.2) is 5.96 Å². The second-order valence-electron chi connectivity index (χ2n) is 5.68. The van der Waals surface area contributed by atoms with Crippen molar-refractivity contribution in [3.05, 3.63) is 29.8 Å². The molecule has 0 aliphatic carbocycles. The van der Waals surface area contributed by atoms with Crippen LogP contribution in [-0.4, -0.2) is 64.4 Å². The van der Waals surface area contributed by atoms with Gasteiger partial charge in [-0.3, -0.25) is 4.99 Å². The molecule has 6 nitrogen and oxygen atoms in total. The highest BCUT2D eigenvalue weighted by atomic mass is 16.5. The topological polar surface area (TPSA) is 58.1 Å². The van der Waals surface area contributed by atoms with Crippen molar-refractivity contribution in [1.29, 1.82) is 0 Å². The molecule has 0 fully saturated rings. The van der Waals surface area contributed by atoms with Crippen molar-refractivity contribution in [3.63, 3.8) is 0 Å². The summed E-state index contributed by atoms with van der Waals surface area (Å²) in [7, 11) is 3.49. The molecule has 0 bridgehead atoms. The smallest absolute Gasteiger partial charge is 0.191 e. The van der Waals surface area contributed by atoms with Gasteiger partial charge in [-0.05, 0) is 25.6 Å². The van der Waals surface area contributed by atoms with Gasteiger partial charge in [-0.25, -0.2) is 0 Å². The number of nitrogens with one attached hydrogen (secondary N) is 2. The zero-order chi connectivity index (χ0) is 18.3. The summed E-state index contributed by atoms with van der Waals surface area (Å²) < 4.78 is 11.0. The average molecular weight is 351 g/mol. The molecule has 0 radical (unpaired) electrons. The third-order valence-electron chi connectivity index (χ3n) is 4.02. The third-order valence-corrected chi connectivity index (χ3v) is 4.02. The first-order chi connectivity index (χ1) is 12.2. The average Bonchev–Trinajstić information content (AvgIpc) is 2.65. The molecule has 0 amide bonds. The van der Waals surface area contributed by atoms with Crippen molar-refractivity contribution in [2.45, 2.75) is 26.8 Å². The number of hydrogen-bond acceptors (Lipinski definition) is 4. The van der Waals surface area contributed by atoms with Crippen LogP contribution in [0.4, 0.5) is 0 Å². The van der Waals surface area contributed by atoms with Crippen molar-refractivity contribution >= 4 is 5.96 Å². The van der Waals surface area contributed by atoms with Gasteiger partial charge in [0, 0.05) is 46.0 Å². The maximum atomic E-state index is 5.99. The maximum absolute atomic E-state index is 5.99. The van der Waals surface area contributed by atoms with Gasteiger partial charge in [-0.15, -0.1) is 0 Å². The number of benzene rings is 1. The fraction of sp³-hybridized carbons (Fsp3) is 0.632. The quantitative estimate of drug-likeness (QED) is 0.343. The number of methoxy groups -OCH3 is 1. The standard InChI is InChI=1S/C19H34N4O2/c1-5-23(6-2)13-15-25-18-11-8-7-10-17(18)16-22-19(20-3)21-12-9-14-24-4/h7-8,10-11H,5-6,9,12-16H2,1-4H3,(H2,20,21,22). The Hall–Kier alpha value is -1.79. The number of guanidine groups is 1. The number of nitrogens with zero attached hydrogens (tertiary/aromatic N) is 2. The number of rotatable bonds is 12. The Balaban J connectivity index is 2.47. The van der Waals surface area contributed by atoms with Crippen LogP contribution in [0.2, 0.25) is 0 Å². The van der Waals surface area contributed by atoms with Crippen molar-refractivity contribution in [2.75, 3.05) is 53.6 Å². The summed E-state index contributed by atoms with van der Waals surface area (Å²) in [6.07, 6.45) is 0.947. The Morgan fingerprint density at radius 1 is 1.12 bits per heavy atom. The zero-order valence-corrected chi connectivity index (χ0v) is 16.2. The molecule has 0 spiro atoms. The number of ether oxygens (including phenoxy) is 2. The predicted molar refractivity (Wildman–Crippen MR) is 104 cm³/mol. The summed E-state index contributed by atoms with van der Waals surface area (Å²) >= 11 is 0. The van der Waals surface area contributed by atoms with E-state index in [2.05, 4.69) is 40.4 Å². The van der Waals surface area contributed by atoms with E-state index in [-0.39, 0.29) is 0 Å². The van der Waals surface area contributed by atoms with E-state index < -0.39 is 0 Å². The second-order valence-corrected chi connectivity index (χ2v) is 5.68. The SMILES string of the molecule is CCN(CC)CCOc1ccccc1CNC(=NC)NCCCOC. The molecule has 0 atom stereocenters. The molecule has 0 aromatic heterocycles. The largest absolute Gasteiger partial charge is 0.492 e. The van der Waals surface area contributed by atoms with Gasteiger partial charge in [0.1, 0.15) is 12.4 Å². The lowest BCUT2D eigenvalue weighted by molar-refractivity contribution is 0.195. The first-order valence-electron chi connectivity index (χ1n) is 9.11. The van der Waals surface area contributed by atoms with Crippen LogP contribution in [0.25, 0.3) is 0 Å². The van der Waals surface area contributed by atoms with Crippen LogP contribution >= 0.6 is 0 Å². The number of para-hydroxylation sites is 1. The third kappa shape index (κ3) is 8.74. The summed E-state index contributed by atoms with van der Waals surface area (Å²) in [5.74, 6) is 1.71. The molecule has 0 unspecified atom stereocenters. The van der Waals surface area contributed by atoms with Gasteiger partial charge in [0.2, 0.25) is 0 Å². The van der Waals surface area contributed by atoms with E-state index >= 15 is 0 Å². The van der Waals surface area contributed by atoms with Gasteiger partial charge in [0.05, 0.1) is 0 Å². The molecular weight excluding hydrogens is 316 g/mol. The predicted octanol–water partition coefficient (Wildman–Crippen LogP) is 2.11. The molecule has 1 aromatic carbocycles.